The summed E-state index contributed by atoms with van der Waals surface area (Å²) in [6, 6.07) is 24.5. The van der Waals surface area contributed by atoms with Crippen molar-refractivity contribution in [3.8, 4) is 0 Å². The van der Waals surface area contributed by atoms with Crippen LogP contribution in [0.15, 0.2) is 101 Å². The summed E-state index contributed by atoms with van der Waals surface area (Å²) in [5.74, 6) is -1.07. The molecule has 0 aliphatic carbocycles. The van der Waals surface area contributed by atoms with E-state index in [1.807, 2.05) is 36.6 Å². The highest BCUT2D eigenvalue weighted by molar-refractivity contribution is 8.00. The van der Waals surface area contributed by atoms with Gasteiger partial charge in [0.2, 0.25) is 5.91 Å². The number of thioether (sulfide) groups is 1. The number of nitrogens with one attached hydrogen (secondary N) is 3. The lowest BCUT2D eigenvalue weighted by atomic mass is 10.2. The summed E-state index contributed by atoms with van der Waals surface area (Å²) < 4.78 is 0. The van der Waals surface area contributed by atoms with Crippen LogP contribution in [0.1, 0.15) is 28.6 Å². The van der Waals surface area contributed by atoms with E-state index in [1.165, 1.54) is 23.1 Å². The molecule has 1 atom stereocenters. The number of rotatable bonds is 10. The van der Waals surface area contributed by atoms with Crippen molar-refractivity contribution in [2.75, 3.05) is 10.6 Å². The second-order valence-corrected chi connectivity index (χ2v) is 11.6. The maximum absolute atomic E-state index is 13.3. The number of carbonyl (C=O) groups excluding carboxylic acids is 3. The molecule has 1 unspecified atom stereocenters. The second-order valence-electron chi connectivity index (χ2n) is 8.50. The topological polar surface area (TPSA) is 87.3 Å². The molecule has 3 aromatic carbocycles. The van der Waals surface area contributed by atoms with Crippen LogP contribution >= 0.6 is 46.3 Å². The van der Waals surface area contributed by atoms with E-state index in [0.717, 1.165) is 9.77 Å². The molecule has 0 saturated carbocycles. The largest absolute Gasteiger partial charge is 0.324 e. The van der Waals surface area contributed by atoms with E-state index >= 15 is 0 Å². The molecule has 1 aromatic heterocycles. The Hall–Kier alpha value is -3.56. The predicted molar refractivity (Wildman–Crippen MR) is 166 cm³/mol. The fraction of sp³-hybridized carbons (Fsp3) is 0.100. The molecular formula is C30H25Cl2N3O3S2. The smallest absolute Gasteiger partial charge is 0.272 e. The number of hydrogen-bond acceptors (Lipinski definition) is 5. The van der Waals surface area contributed by atoms with Gasteiger partial charge < -0.3 is 16.0 Å². The van der Waals surface area contributed by atoms with Crippen LogP contribution in [-0.2, 0) is 9.59 Å². The van der Waals surface area contributed by atoms with Crippen LogP contribution in [0.2, 0.25) is 10.0 Å². The zero-order valence-corrected chi connectivity index (χ0v) is 24.5. The normalized spacial score (nSPS) is 11.9. The van der Waals surface area contributed by atoms with E-state index in [9.17, 15) is 14.4 Å². The van der Waals surface area contributed by atoms with Crippen molar-refractivity contribution >= 4 is 81.5 Å². The quantitative estimate of drug-likeness (QED) is 0.126. The Morgan fingerprint density at radius 3 is 2.45 bits per heavy atom. The summed E-state index contributed by atoms with van der Waals surface area (Å²) in [5, 5.41) is 10.8. The minimum atomic E-state index is -0.472. The molecule has 0 fully saturated rings. The molecular weight excluding hydrogens is 585 g/mol. The van der Waals surface area contributed by atoms with Gasteiger partial charge in [-0.25, -0.2) is 0 Å². The van der Waals surface area contributed by atoms with Crippen molar-refractivity contribution in [2.24, 2.45) is 0 Å². The van der Waals surface area contributed by atoms with Crippen LogP contribution < -0.4 is 16.0 Å². The van der Waals surface area contributed by atoms with Crippen molar-refractivity contribution in [3.05, 3.63) is 116 Å². The molecule has 3 N–H and O–H groups in total. The minimum Gasteiger partial charge on any atom is -0.324 e. The minimum absolute atomic E-state index is 0.110. The average molecular weight is 611 g/mol. The van der Waals surface area contributed by atoms with Gasteiger partial charge >= 0.3 is 0 Å². The van der Waals surface area contributed by atoms with Crippen molar-refractivity contribution in [3.63, 3.8) is 0 Å². The maximum Gasteiger partial charge on any atom is 0.272 e. The van der Waals surface area contributed by atoms with E-state index in [4.69, 9.17) is 23.2 Å². The van der Waals surface area contributed by atoms with Crippen LogP contribution in [0.5, 0.6) is 0 Å². The highest BCUT2D eigenvalue weighted by Crippen LogP contribution is 2.31. The molecule has 0 spiro atoms. The first-order valence-corrected chi connectivity index (χ1v) is 14.8. The molecule has 3 amide bonds. The van der Waals surface area contributed by atoms with Crippen LogP contribution in [-0.4, -0.2) is 23.0 Å². The molecule has 0 bridgehead atoms. The number of carbonyl (C=O) groups is 3. The van der Waals surface area contributed by atoms with Crippen LogP contribution in [0.4, 0.5) is 11.4 Å². The van der Waals surface area contributed by atoms with Gasteiger partial charge in [-0.05, 0) is 72.5 Å². The molecule has 4 rings (SSSR count). The number of benzene rings is 3. The van der Waals surface area contributed by atoms with E-state index in [-0.39, 0.29) is 17.5 Å². The first-order valence-electron chi connectivity index (χ1n) is 12.3. The second kappa shape index (κ2) is 14.2. The number of thiophene rings is 1. The van der Waals surface area contributed by atoms with Gasteiger partial charge in [-0.2, -0.15) is 0 Å². The zero-order valence-electron chi connectivity index (χ0n) is 21.3. The molecule has 0 radical (unpaired) electrons. The number of anilines is 2. The third-order valence-corrected chi connectivity index (χ3v) is 8.32. The van der Waals surface area contributed by atoms with Crippen LogP contribution in [0, 0.1) is 0 Å². The summed E-state index contributed by atoms with van der Waals surface area (Å²) >= 11 is 15.1. The highest BCUT2D eigenvalue weighted by atomic mass is 35.5. The molecule has 6 nitrogen and oxygen atoms in total. The van der Waals surface area contributed by atoms with Gasteiger partial charge in [-0.1, -0.05) is 60.5 Å². The van der Waals surface area contributed by atoms with E-state index < -0.39 is 11.2 Å². The first-order chi connectivity index (χ1) is 19.3. The molecule has 0 aliphatic heterocycles. The maximum atomic E-state index is 13.3. The monoisotopic (exact) mass is 609 g/mol. The first kappa shape index (κ1) is 29.4. The van der Waals surface area contributed by atoms with Crippen LogP contribution in [0.3, 0.4) is 0 Å². The summed E-state index contributed by atoms with van der Waals surface area (Å²) in [7, 11) is 0. The Kier molecular flexibility index (Phi) is 10.4. The van der Waals surface area contributed by atoms with Crippen molar-refractivity contribution < 1.29 is 14.4 Å². The molecule has 204 valence electrons. The third kappa shape index (κ3) is 8.22. The van der Waals surface area contributed by atoms with Crippen LogP contribution in [0.25, 0.3) is 6.08 Å². The molecule has 40 heavy (non-hydrogen) atoms. The molecule has 10 heteroatoms. The van der Waals surface area contributed by atoms with Crippen molar-refractivity contribution in [2.45, 2.75) is 23.5 Å². The fourth-order valence-corrected chi connectivity index (χ4v) is 5.60. The Balaban J connectivity index is 1.47. The highest BCUT2D eigenvalue weighted by Gasteiger charge is 2.20. The molecule has 0 aliphatic rings. The Labute approximate surface area is 250 Å². The zero-order chi connectivity index (χ0) is 28.5. The standard InChI is InChI=1S/C30H25Cl2N3O3S2/c1-2-27(30(38)34-25-16-20(31)13-14-24(25)32)40-23-11-6-10-21(17-23)33-29(37)26(18-22-12-7-15-39-22)35-28(36)19-8-4-3-5-9-19/h3-18,27H,2H2,1H3,(H,33,37)(H,34,38)(H,35,36)/b26-18-. The Bertz CT molecular complexity index is 1530. The van der Waals surface area contributed by atoms with E-state index in [2.05, 4.69) is 16.0 Å². The van der Waals surface area contributed by atoms with Gasteiger partial charge in [0.25, 0.3) is 11.8 Å². The number of amides is 3. The predicted octanol–water partition coefficient (Wildman–Crippen LogP) is 7.97. The summed E-state index contributed by atoms with van der Waals surface area (Å²) in [4.78, 5) is 40.7. The van der Waals surface area contributed by atoms with Gasteiger partial charge in [-0.15, -0.1) is 23.1 Å². The Morgan fingerprint density at radius 1 is 0.925 bits per heavy atom. The van der Waals surface area contributed by atoms with Crippen molar-refractivity contribution in [1.82, 2.24) is 5.32 Å². The number of hydrogen-bond donors (Lipinski definition) is 3. The molecule has 1 heterocycles. The lowest BCUT2D eigenvalue weighted by Crippen LogP contribution is -2.30. The third-order valence-electron chi connectivity index (χ3n) is 5.58. The lowest BCUT2D eigenvalue weighted by Gasteiger charge is -2.16. The van der Waals surface area contributed by atoms with E-state index in [1.54, 1.807) is 66.7 Å². The fourth-order valence-electron chi connectivity index (χ4n) is 3.60. The van der Waals surface area contributed by atoms with Gasteiger partial charge in [0, 0.05) is 26.0 Å². The van der Waals surface area contributed by atoms with Crippen molar-refractivity contribution in [1.29, 1.82) is 0 Å². The molecule has 0 saturated heterocycles. The van der Waals surface area contributed by atoms with Gasteiger partial charge in [0.15, 0.2) is 0 Å². The summed E-state index contributed by atoms with van der Waals surface area (Å²) in [6.07, 6.45) is 2.20. The summed E-state index contributed by atoms with van der Waals surface area (Å²) in [6.45, 7) is 1.92. The van der Waals surface area contributed by atoms with Gasteiger partial charge in [0.05, 0.1) is 16.0 Å². The average Bonchev–Trinajstić information content (AvgIpc) is 3.47. The SMILES string of the molecule is CCC(Sc1cccc(NC(=O)/C(=C/c2cccs2)NC(=O)c2ccccc2)c1)C(=O)Nc1cc(Cl)ccc1Cl. The number of halogens is 2. The summed E-state index contributed by atoms with van der Waals surface area (Å²) in [5.41, 5.74) is 1.52. The van der Waals surface area contributed by atoms with Gasteiger partial charge in [-0.3, -0.25) is 14.4 Å². The van der Waals surface area contributed by atoms with E-state index in [0.29, 0.717) is 33.4 Å². The molecule has 4 aromatic rings. The Morgan fingerprint density at radius 2 is 1.73 bits per heavy atom. The lowest BCUT2D eigenvalue weighted by molar-refractivity contribution is -0.116. The van der Waals surface area contributed by atoms with Gasteiger partial charge in [0.1, 0.15) is 5.70 Å².